The highest BCUT2D eigenvalue weighted by Crippen LogP contribution is 2.30. The van der Waals surface area contributed by atoms with Crippen LogP contribution in [0.4, 0.5) is 0 Å². The minimum atomic E-state index is -0.332. The van der Waals surface area contributed by atoms with Gasteiger partial charge in [-0.05, 0) is 25.5 Å². The first kappa shape index (κ1) is 14.4. The number of aromatic nitrogens is 4. The molecule has 0 aliphatic heterocycles. The van der Waals surface area contributed by atoms with E-state index >= 15 is 0 Å². The Bertz CT molecular complexity index is 951. The third kappa shape index (κ3) is 2.49. The summed E-state index contributed by atoms with van der Waals surface area (Å²) in [5, 5.41) is 13.6. The Morgan fingerprint density at radius 3 is 2.91 bits per heavy atom. The zero-order valence-corrected chi connectivity index (χ0v) is 13.0. The van der Waals surface area contributed by atoms with Gasteiger partial charge in [0, 0.05) is 17.3 Å². The lowest BCUT2D eigenvalue weighted by Gasteiger charge is -2.06. The SMILES string of the molecule is Cc1ccc(Sc2nccn3c(=O)n(CC#N)nc23)c(C)c1. The molecule has 2 aromatic heterocycles. The second-order valence-electron chi connectivity index (χ2n) is 4.90. The lowest BCUT2D eigenvalue weighted by Crippen LogP contribution is -2.20. The Labute approximate surface area is 131 Å². The van der Waals surface area contributed by atoms with Gasteiger partial charge in [0.05, 0.1) is 6.07 Å². The van der Waals surface area contributed by atoms with Gasteiger partial charge in [-0.2, -0.15) is 9.94 Å². The molecular formula is C15H13N5OS. The van der Waals surface area contributed by atoms with Gasteiger partial charge in [0.2, 0.25) is 0 Å². The van der Waals surface area contributed by atoms with Crippen molar-refractivity contribution in [2.75, 3.05) is 0 Å². The van der Waals surface area contributed by atoms with Gasteiger partial charge in [-0.1, -0.05) is 29.5 Å². The molecule has 0 saturated heterocycles. The maximum absolute atomic E-state index is 12.1. The van der Waals surface area contributed by atoms with Gasteiger partial charge in [-0.3, -0.25) is 0 Å². The average molecular weight is 311 g/mol. The van der Waals surface area contributed by atoms with E-state index in [0.717, 1.165) is 15.1 Å². The van der Waals surface area contributed by atoms with Crippen molar-refractivity contribution in [1.82, 2.24) is 19.2 Å². The van der Waals surface area contributed by atoms with Gasteiger partial charge < -0.3 is 0 Å². The summed E-state index contributed by atoms with van der Waals surface area (Å²) in [6, 6.07) is 8.10. The van der Waals surface area contributed by atoms with Gasteiger partial charge in [0.15, 0.2) is 5.65 Å². The quantitative estimate of drug-likeness (QED) is 0.741. The fourth-order valence-corrected chi connectivity index (χ4v) is 3.09. The van der Waals surface area contributed by atoms with Gasteiger partial charge in [0.25, 0.3) is 0 Å². The van der Waals surface area contributed by atoms with E-state index in [1.54, 1.807) is 12.4 Å². The van der Waals surface area contributed by atoms with Crippen LogP contribution in [-0.2, 0) is 6.54 Å². The molecule has 3 aromatic rings. The van der Waals surface area contributed by atoms with Crippen molar-refractivity contribution in [3.63, 3.8) is 0 Å². The van der Waals surface area contributed by atoms with Gasteiger partial charge in [0.1, 0.15) is 11.6 Å². The molecule has 0 radical (unpaired) electrons. The van der Waals surface area contributed by atoms with Crippen LogP contribution in [0, 0.1) is 25.2 Å². The van der Waals surface area contributed by atoms with Crippen LogP contribution in [0.2, 0.25) is 0 Å². The Hall–Kier alpha value is -2.59. The van der Waals surface area contributed by atoms with Crippen molar-refractivity contribution in [1.29, 1.82) is 5.26 Å². The number of nitriles is 1. The van der Waals surface area contributed by atoms with Crippen molar-refractivity contribution in [3.8, 4) is 6.07 Å². The number of hydrogen-bond donors (Lipinski definition) is 0. The molecule has 22 heavy (non-hydrogen) atoms. The highest BCUT2D eigenvalue weighted by atomic mass is 32.2. The molecule has 0 N–H and O–H groups in total. The van der Waals surface area contributed by atoms with Crippen molar-refractivity contribution in [3.05, 3.63) is 52.2 Å². The molecule has 0 bridgehead atoms. The van der Waals surface area contributed by atoms with E-state index in [9.17, 15) is 4.79 Å². The molecule has 0 amide bonds. The zero-order valence-electron chi connectivity index (χ0n) is 12.1. The topological polar surface area (TPSA) is 76.0 Å². The summed E-state index contributed by atoms with van der Waals surface area (Å²) in [4.78, 5) is 17.5. The summed E-state index contributed by atoms with van der Waals surface area (Å²) in [5.74, 6) is 0. The molecular weight excluding hydrogens is 298 g/mol. The van der Waals surface area contributed by atoms with Gasteiger partial charge in [-0.15, -0.1) is 5.10 Å². The van der Waals surface area contributed by atoms with E-state index < -0.39 is 0 Å². The van der Waals surface area contributed by atoms with Crippen LogP contribution in [0.5, 0.6) is 0 Å². The van der Waals surface area contributed by atoms with Gasteiger partial charge in [-0.25, -0.2) is 14.2 Å². The molecule has 0 aliphatic rings. The minimum absolute atomic E-state index is 0.0752. The molecule has 3 rings (SSSR count). The Morgan fingerprint density at radius 2 is 2.18 bits per heavy atom. The number of hydrogen-bond acceptors (Lipinski definition) is 5. The molecule has 0 aliphatic carbocycles. The highest BCUT2D eigenvalue weighted by molar-refractivity contribution is 7.99. The van der Waals surface area contributed by atoms with Crippen molar-refractivity contribution >= 4 is 17.4 Å². The predicted octanol–water partition coefficient (Wildman–Crippen LogP) is 2.18. The molecule has 110 valence electrons. The number of aryl methyl sites for hydroxylation is 2. The fraction of sp³-hybridized carbons (Fsp3) is 0.200. The summed E-state index contributed by atoms with van der Waals surface area (Å²) >= 11 is 1.46. The molecule has 0 spiro atoms. The number of fused-ring (bicyclic) bond motifs is 1. The maximum Gasteiger partial charge on any atom is 0.351 e. The zero-order chi connectivity index (χ0) is 15.7. The maximum atomic E-state index is 12.1. The molecule has 0 unspecified atom stereocenters. The smallest absolute Gasteiger partial charge is 0.246 e. The Balaban J connectivity index is 2.09. The third-order valence-corrected chi connectivity index (χ3v) is 4.39. The number of rotatable bonds is 3. The normalized spacial score (nSPS) is 10.8. The second kappa shape index (κ2) is 5.66. The summed E-state index contributed by atoms with van der Waals surface area (Å²) in [7, 11) is 0. The predicted molar refractivity (Wildman–Crippen MR) is 82.9 cm³/mol. The number of nitrogens with zero attached hydrogens (tertiary/aromatic N) is 5. The standard InChI is InChI=1S/C15H13N5OS/c1-10-3-4-12(11(2)9-10)22-14-13-18-20(7-5-16)15(21)19(13)8-6-17-14/h3-4,6,8-9H,7H2,1-2H3. The van der Waals surface area contributed by atoms with Crippen molar-refractivity contribution in [2.45, 2.75) is 30.3 Å². The Morgan fingerprint density at radius 1 is 1.36 bits per heavy atom. The Kier molecular flexibility index (Phi) is 3.69. The van der Waals surface area contributed by atoms with E-state index in [1.165, 1.54) is 21.7 Å². The third-order valence-electron chi connectivity index (χ3n) is 3.23. The summed E-state index contributed by atoms with van der Waals surface area (Å²) in [6.45, 7) is 4.01. The van der Waals surface area contributed by atoms with Crippen LogP contribution < -0.4 is 5.69 Å². The minimum Gasteiger partial charge on any atom is -0.246 e. The molecule has 1 aromatic carbocycles. The highest BCUT2D eigenvalue weighted by Gasteiger charge is 2.13. The van der Waals surface area contributed by atoms with E-state index in [2.05, 4.69) is 16.1 Å². The lowest BCUT2D eigenvalue weighted by atomic mass is 10.2. The van der Waals surface area contributed by atoms with Crippen LogP contribution in [-0.4, -0.2) is 19.2 Å². The fourth-order valence-electron chi connectivity index (χ4n) is 2.19. The largest absolute Gasteiger partial charge is 0.351 e. The van der Waals surface area contributed by atoms with E-state index in [4.69, 9.17) is 5.26 Å². The number of benzene rings is 1. The summed E-state index contributed by atoms with van der Waals surface area (Å²) in [6.07, 6.45) is 3.13. The van der Waals surface area contributed by atoms with Gasteiger partial charge >= 0.3 is 5.69 Å². The first-order valence-electron chi connectivity index (χ1n) is 6.66. The van der Waals surface area contributed by atoms with Crippen molar-refractivity contribution in [2.24, 2.45) is 0 Å². The van der Waals surface area contributed by atoms with Crippen molar-refractivity contribution < 1.29 is 0 Å². The van der Waals surface area contributed by atoms with Crippen LogP contribution in [0.3, 0.4) is 0 Å². The average Bonchev–Trinajstić information content (AvgIpc) is 2.81. The lowest BCUT2D eigenvalue weighted by molar-refractivity contribution is 0.679. The summed E-state index contributed by atoms with van der Waals surface area (Å²) < 4.78 is 2.55. The van der Waals surface area contributed by atoms with E-state index in [0.29, 0.717) is 10.7 Å². The molecule has 7 heteroatoms. The van der Waals surface area contributed by atoms with Crippen LogP contribution in [0.25, 0.3) is 5.65 Å². The molecule has 2 heterocycles. The van der Waals surface area contributed by atoms with Crippen LogP contribution in [0.1, 0.15) is 11.1 Å². The summed E-state index contributed by atoms with van der Waals surface area (Å²) in [5.41, 5.74) is 2.48. The molecule has 6 nitrogen and oxygen atoms in total. The first-order valence-corrected chi connectivity index (χ1v) is 7.48. The monoisotopic (exact) mass is 311 g/mol. The molecule has 0 fully saturated rings. The van der Waals surface area contributed by atoms with E-state index in [1.807, 2.05) is 32.0 Å². The van der Waals surface area contributed by atoms with E-state index in [-0.39, 0.29) is 12.2 Å². The first-order chi connectivity index (χ1) is 10.6. The molecule has 0 saturated carbocycles. The van der Waals surface area contributed by atoms with Crippen LogP contribution in [0.15, 0.2) is 45.3 Å². The molecule has 0 atom stereocenters. The van der Waals surface area contributed by atoms with Crippen LogP contribution >= 0.6 is 11.8 Å². The second-order valence-corrected chi connectivity index (χ2v) is 5.93.